The van der Waals surface area contributed by atoms with E-state index in [4.69, 9.17) is 4.74 Å². The van der Waals surface area contributed by atoms with Crippen molar-refractivity contribution >= 4 is 21.4 Å². The largest absolute Gasteiger partial charge is 0.480 e. The van der Waals surface area contributed by atoms with Crippen molar-refractivity contribution in [2.75, 3.05) is 11.8 Å². The van der Waals surface area contributed by atoms with Gasteiger partial charge in [-0.3, -0.25) is 13.9 Å². The molecule has 0 radical (unpaired) electrons. The number of hydrogen-bond acceptors (Lipinski definition) is 6. The van der Waals surface area contributed by atoms with Gasteiger partial charge in [0, 0.05) is 41.9 Å². The highest BCUT2D eigenvalue weighted by atomic mass is 32.2. The summed E-state index contributed by atoms with van der Waals surface area (Å²) in [6.45, 7) is 0. The number of hydrogen-bond donors (Lipinski definition) is 1. The molecule has 0 bridgehead atoms. The third kappa shape index (κ3) is 3.87. The van der Waals surface area contributed by atoms with E-state index in [1.54, 1.807) is 0 Å². The molecule has 4 rings (SSSR count). The average molecular weight is 462 g/mol. The van der Waals surface area contributed by atoms with Gasteiger partial charge in [-0.2, -0.15) is 0 Å². The van der Waals surface area contributed by atoms with Crippen LogP contribution in [0.5, 0.6) is 5.88 Å². The lowest BCUT2D eigenvalue weighted by Crippen LogP contribution is -2.16. The molecule has 0 atom stereocenters. The zero-order valence-corrected chi connectivity index (χ0v) is 17.0. The molecule has 1 aromatic carbocycles. The molecule has 0 amide bonds. The van der Waals surface area contributed by atoms with Gasteiger partial charge in [0.15, 0.2) is 0 Å². The van der Waals surface area contributed by atoms with E-state index in [9.17, 15) is 26.4 Å². The Bertz CT molecular complexity index is 1520. The van der Waals surface area contributed by atoms with Gasteiger partial charge < -0.3 is 4.74 Å². The molecular formula is C20H13F3N4O4S. The molecule has 0 aliphatic rings. The third-order valence-electron chi connectivity index (χ3n) is 4.46. The highest BCUT2D eigenvalue weighted by molar-refractivity contribution is 7.92. The van der Waals surface area contributed by atoms with Gasteiger partial charge in [-0.25, -0.2) is 31.6 Å². The number of sulfonamides is 1. The molecule has 8 nitrogen and oxygen atoms in total. The second-order valence-corrected chi connectivity index (χ2v) is 8.16. The highest BCUT2D eigenvalue weighted by Gasteiger charge is 2.23. The summed E-state index contributed by atoms with van der Waals surface area (Å²) >= 11 is 0. The minimum atomic E-state index is -4.59. The maximum Gasteiger partial charge on any atom is 0.265 e. The molecule has 4 aromatic rings. The number of pyridine rings is 2. The number of methoxy groups -OCH3 is 1. The summed E-state index contributed by atoms with van der Waals surface area (Å²) < 4.78 is 75.7. The van der Waals surface area contributed by atoms with Crippen LogP contribution in [0, 0.1) is 17.5 Å². The molecule has 0 unspecified atom stereocenters. The predicted octanol–water partition coefficient (Wildman–Crippen LogP) is 2.98. The van der Waals surface area contributed by atoms with Crippen molar-refractivity contribution in [3.63, 3.8) is 0 Å². The van der Waals surface area contributed by atoms with Crippen LogP contribution in [0.15, 0.2) is 64.7 Å². The summed E-state index contributed by atoms with van der Waals surface area (Å²) in [7, 11) is -3.38. The van der Waals surface area contributed by atoms with Crippen molar-refractivity contribution in [1.29, 1.82) is 0 Å². The summed E-state index contributed by atoms with van der Waals surface area (Å²) in [6, 6.07) is 5.37. The smallest absolute Gasteiger partial charge is 0.265 e. The molecule has 3 heterocycles. The Kier molecular flexibility index (Phi) is 5.30. The maximum atomic E-state index is 14.7. The Morgan fingerprint density at radius 1 is 1.03 bits per heavy atom. The van der Waals surface area contributed by atoms with E-state index < -0.39 is 37.9 Å². The van der Waals surface area contributed by atoms with E-state index in [2.05, 4.69) is 14.7 Å². The number of nitrogens with one attached hydrogen (secondary N) is 1. The topological polar surface area (TPSA) is 103 Å². The molecule has 12 heteroatoms. The van der Waals surface area contributed by atoms with Gasteiger partial charge >= 0.3 is 0 Å². The lowest BCUT2D eigenvalue weighted by molar-refractivity contribution is 0.400. The van der Waals surface area contributed by atoms with Crippen LogP contribution in [-0.4, -0.2) is 29.9 Å². The number of fused-ring (bicyclic) bond motifs is 1. The first-order valence-electron chi connectivity index (χ1n) is 8.89. The van der Waals surface area contributed by atoms with Gasteiger partial charge in [0.25, 0.3) is 15.6 Å². The minimum absolute atomic E-state index is 0.0720. The number of nitrogens with zero attached hydrogens (tertiary/aromatic N) is 3. The van der Waals surface area contributed by atoms with Crippen LogP contribution >= 0.6 is 0 Å². The van der Waals surface area contributed by atoms with Crippen molar-refractivity contribution in [2.24, 2.45) is 0 Å². The molecule has 32 heavy (non-hydrogen) atoms. The molecule has 1 N–H and O–H groups in total. The molecular weight excluding hydrogens is 449 g/mol. The summed E-state index contributed by atoms with van der Waals surface area (Å²) in [5, 5.41) is 0. The number of aromatic nitrogens is 3. The molecule has 0 fully saturated rings. The first kappa shape index (κ1) is 21.3. The molecule has 3 aromatic heterocycles. The predicted molar refractivity (Wildman–Crippen MR) is 108 cm³/mol. The summed E-state index contributed by atoms with van der Waals surface area (Å²) in [6.07, 6.45) is 3.63. The molecule has 0 saturated carbocycles. The lowest BCUT2D eigenvalue weighted by Gasteiger charge is -2.14. The lowest BCUT2D eigenvalue weighted by atomic mass is 10.1. The Balaban J connectivity index is 1.83. The fourth-order valence-electron chi connectivity index (χ4n) is 2.98. The van der Waals surface area contributed by atoms with Crippen molar-refractivity contribution in [3.8, 4) is 17.0 Å². The molecule has 164 valence electrons. The number of benzene rings is 1. The zero-order chi connectivity index (χ0) is 23.0. The van der Waals surface area contributed by atoms with Crippen LogP contribution in [0.3, 0.4) is 0 Å². The Morgan fingerprint density at radius 3 is 2.56 bits per heavy atom. The number of halogens is 3. The van der Waals surface area contributed by atoms with E-state index >= 15 is 0 Å². The van der Waals surface area contributed by atoms with E-state index in [-0.39, 0.29) is 28.3 Å². The van der Waals surface area contributed by atoms with E-state index in [0.717, 1.165) is 16.5 Å². The highest BCUT2D eigenvalue weighted by Crippen LogP contribution is 2.31. The van der Waals surface area contributed by atoms with Crippen molar-refractivity contribution in [3.05, 3.63) is 82.8 Å². The monoisotopic (exact) mass is 462 g/mol. The van der Waals surface area contributed by atoms with Crippen LogP contribution in [0.1, 0.15) is 0 Å². The van der Waals surface area contributed by atoms with Gasteiger partial charge in [0.1, 0.15) is 33.7 Å². The summed E-state index contributed by atoms with van der Waals surface area (Å²) in [5.74, 6) is -3.08. The molecule has 0 aliphatic carbocycles. The van der Waals surface area contributed by atoms with Gasteiger partial charge in [-0.1, -0.05) is 0 Å². The first-order chi connectivity index (χ1) is 15.2. The Hall–Kier alpha value is -3.93. The number of rotatable bonds is 5. The van der Waals surface area contributed by atoms with E-state index in [0.29, 0.717) is 12.1 Å². The van der Waals surface area contributed by atoms with Gasteiger partial charge in [-0.15, -0.1) is 0 Å². The van der Waals surface area contributed by atoms with E-state index in [1.165, 1.54) is 37.8 Å². The quantitative estimate of drug-likeness (QED) is 0.489. The summed E-state index contributed by atoms with van der Waals surface area (Å²) in [5.41, 5.74) is -0.645. The van der Waals surface area contributed by atoms with Gasteiger partial charge in [0.2, 0.25) is 5.88 Å². The molecule has 0 aliphatic heterocycles. The zero-order valence-electron chi connectivity index (χ0n) is 16.2. The standard InChI is InChI=1S/C20H13F3N4O4S/c1-31-20-16(26-32(29,30)17-7-12(21)2-3-14(17)22)6-11(9-25-20)13-10-27-18(8-15(13)23)24-5-4-19(27)28/h2-10,26H,1H3. The molecule has 0 spiro atoms. The Labute approximate surface area is 179 Å². The fraction of sp³-hybridized carbons (Fsp3) is 0.0500. The van der Waals surface area contributed by atoms with Crippen LogP contribution in [-0.2, 0) is 10.0 Å². The van der Waals surface area contributed by atoms with Gasteiger partial charge in [-0.05, 0) is 24.3 Å². The van der Waals surface area contributed by atoms with Crippen molar-refractivity contribution < 1.29 is 26.3 Å². The van der Waals surface area contributed by atoms with Crippen LogP contribution in [0.4, 0.5) is 18.9 Å². The van der Waals surface area contributed by atoms with Crippen LogP contribution < -0.4 is 15.0 Å². The fourth-order valence-corrected chi connectivity index (χ4v) is 4.12. The second kappa shape index (κ2) is 7.96. The average Bonchev–Trinajstić information content (AvgIpc) is 2.75. The second-order valence-electron chi connectivity index (χ2n) is 6.51. The first-order valence-corrected chi connectivity index (χ1v) is 10.4. The van der Waals surface area contributed by atoms with Crippen molar-refractivity contribution in [1.82, 2.24) is 14.4 Å². The van der Waals surface area contributed by atoms with Gasteiger partial charge in [0.05, 0.1) is 7.11 Å². The summed E-state index contributed by atoms with van der Waals surface area (Å²) in [4.78, 5) is 19.0. The van der Waals surface area contributed by atoms with Crippen LogP contribution in [0.25, 0.3) is 16.8 Å². The number of ether oxygens (including phenoxy) is 1. The number of anilines is 1. The SMILES string of the molecule is COc1ncc(-c2cn3c(=O)ccnc3cc2F)cc1NS(=O)(=O)c1cc(F)ccc1F. The maximum absolute atomic E-state index is 14.7. The molecule has 0 saturated heterocycles. The third-order valence-corrected chi connectivity index (χ3v) is 5.84. The normalized spacial score (nSPS) is 11.5. The Morgan fingerprint density at radius 2 is 1.81 bits per heavy atom. The van der Waals surface area contributed by atoms with E-state index in [1.807, 2.05) is 0 Å². The minimum Gasteiger partial charge on any atom is -0.480 e. The van der Waals surface area contributed by atoms with Crippen molar-refractivity contribution in [2.45, 2.75) is 4.90 Å². The van der Waals surface area contributed by atoms with Crippen LogP contribution in [0.2, 0.25) is 0 Å².